The van der Waals surface area contributed by atoms with Gasteiger partial charge in [-0.1, -0.05) is 30.3 Å². The van der Waals surface area contributed by atoms with Gasteiger partial charge in [0.15, 0.2) is 0 Å². The molecule has 1 saturated heterocycles. The lowest BCUT2D eigenvalue weighted by Crippen LogP contribution is -2.27. The summed E-state index contributed by atoms with van der Waals surface area (Å²) in [5.74, 6) is 0. The van der Waals surface area contributed by atoms with Crippen molar-refractivity contribution in [2.24, 2.45) is 0 Å². The maximum atomic E-state index is 9.48. The molecule has 2 rings (SSSR count). The molecular formula is C11H15NO. The maximum absolute atomic E-state index is 9.48. The van der Waals surface area contributed by atoms with Crippen LogP contribution in [0.3, 0.4) is 0 Å². The highest BCUT2D eigenvalue weighted by Gasteiger charge is 2.22. The van der Waals surface area contributed by atoms with Crippen LogP contribution in [0.5, 0.6) is 0 Å². The van der Waals surface area contributed by atoms with E-state index in [2.05, 4.69) is 12.1 Å². The van der Waals surface area contributed by atoms with Crippen molar-refractivity contribution in [3.8, 4) is 0 Å². The Hall–Kier alpha value is -0.860. The number of nitrogens with zero attached hydrogens (tertiary/aromatic N) is 1. The Kier molecular flexibility index (Phi) is 2.62. The lowest BCUT2D eigenvalue weighted by atomic mass is 10.1. The van der Waals surface area contributed by atoms with Crippen molar-refractivity contribution in [2.75, 3.05) is 6.54 Å². The standard InChI is InChI=1S/C11H15NO/c13-12-8-4-7-11(12)9-10-5-2-1-3-6-10/h1-3,5-6,11,13H,4,7-9H2. The van der Waals surface area contributed by atoms with Crippen LogP contribution >= 0.6 is 0 Å². The zero-order chi connectivity index (χ0) is 9.10. The zero-order valence-corrected chi connectivity index (χ0v) is 7.69. The molecule has 1 unspecified atom stereocenters. The summed E-state index contributed by atoms with van der Waals surface area (Å²) in [7, 11) is 0. The van der Waals surface area contributed by atoms with Crippen LogP contribution in [0.1, 0.15) is 18.4 Å². The molecule has 1 aliphatic rings. The third-order valence-corrected chi connectivity index (χ3v) is 2.66. The Morgan fingerprint density at radius 2 is 2.08 bits per heavy atom. The van der Waals surface area contributed by atoms with Crippen LogP contribution in [0.25, 0.3) is 0 Å². The number of hydrogen-bond donors (Lipinski definition) is 1. The number of hydroxylamine groups is 2. The maximum Gasteiger partial charge on any atom is 0.0391 e. The van der Waals surface area contributed by atoms with Gasteiger partial charge < -0.3 is 5.21 Å². The van der Waals surface area contributed by atoms with Gasteiger partial charge in [-0.3, -0.25) is 0 Å². The van der Waals surface area contributed by atoms with Crippen molar-refractivity contribution in [2.45, 2.75) is 25.3 Å². The van der Waals surface area contributed by atoms with Gasteiger partial charge in [0.25, 0.3) is 0 Å². The van der Waals surface area contributed by atoms with Crippen LogP contribution in [-0.2, 0) is 6.42 Å². The molecule has 13 heavy (non-hydrogen) atoms. The largest absolute Gasteiger partial charge is 0.314 e. The van der Waals surface area contributed by atoms with Crippen molar-refractivity contribution >= 4 is 0 Å². The Morgan fingerprint density at radius 3 is 2.69 bits per heavy atom. The van der Waals surface area contributed by atoms with Gasteiger partial charge in [0, 0.05) is 12.6 Å². The highest BCUT2D eigenvalue weighted by molar-refractivity contribution is 5.16. The topological polar surface area (TPSA) is 23.5 Å². The summed E-state index contributed by atoms with van der Waals surface area (Å²) in [5.41, 5.74) is 1.31. The first-order chi connectivity index (χ1) is 6.36. The number of benzene rings is 1. The monoisotopic (exact) mass is 177 g/mol. The second kappa shape index (κ2) is 3.90. The molecule has 1 aromatic rings. The van der Waals surface area contributed by atoms with Crippen LogP contribution in [0.2, 0.25) is 0 Å². The molecule has 0 radical (unpaired) electrons. The summed E-state index contributed by atoms with van der Waals surface area (Å²) >= 11 is 0. The van der Waals surface area contributed by atoms with Crippen molar-refractivity contribution in [3.05, 3.63) is 35.9 Å². The van der Waals surface area contributed by atoms with Gasteiger partial charge in [-0.2, -0.15) is 5.06 Å². The summed E-state index contributed by atoms with van der Waals surface area (Å²) in [6.45, 7) is 0.831. The first-order valence-electron chi connectivity index (χ1n) is 4.86. The first kappa shape index (κ1) is 8.73. The summed E-state index contributed by atoms with van der Waals surface area (Å²) in [6, 6.07) is 10.7. The average Bonchev–Trinajstić information content (AvgIpc) is 2.54. The van der Waals surface area contributed by atoms with Gasteiger partial charge in [-0.15, -0.1) is 0 Å². The van der Waals surface area contributed by atoms with E-state index >= 15 is 0 Å². The van der Waals surface area contributed by atoms with Crippen molar-refractivity contribution < 1.29 is 5.21 Å². The smallest absolute Gasteiger partial charge is 0.0391 e. The summed E-state index contributed by atoms with van der Waals surface area (Å²) in [6.07, 6.45) is 3.21. The Labute approximate surface area is 78.8 Å². The zero-order valence-electron chi connectivity index (χ0n) is 7.69. The van der Waals surface area contributed by atoms with Gasteiger partial charge in [0.2, 0.25) is 0 Å². The third-order valence-electron chi connectivity index (χ3n) is 2.66. The van der Waals surface area contributed by atoms with Crippen molar-refractivity contribution in [3.63, 3.8) is 0 Å². The van der Waals surface area contributed by atoms with Crippen LogP contribution in [-0.4, -0.2) is 22.9 Å². The fraction of sp³-hybridized carbons (Fsp3) is 0.455. The molecule has 1 heterocycles. The van der Waals surface area contributed by atoms with E-state index in [4.69, 9.17) is 0 Å². The Bertz CT molecular complexity index is 260. The predicted octanol–water partition coefficient (Wildman–Crippen LogP) is 2.08. The van der Waals surface area contributed by atoms with Crippen LogP contribution in [0.4, 0.5) is 0 Å². The van der Waals surface area contributed by atoms with E-state index < -0.39 is 0 Å². The minimum Gasteiger partial charge on any atom is -0.314 e. The van der Waals surface area contributed by atoms with Gasteiger partial charge in [0.05, 0.1) is 0 Å². The van der Waals surface area contributed by atoms with E-state index in [1.807, 2.05) is 18.2 Å². The SMILES string of the molecule is ON1CCCC1Cc1ccccc1. The molecule has 1 fully saturated rings. The van der Waals surface area contributed by atoms with E-state index in [0.29, 0.717) is 6.04 Å². The third kappa shape index (κ3) is 2.08. The lowest BCUT2D eigenvalue weighted by molar-refractivity contribution is -0.102. The van der Waals surface area contributed by atoms with E-state index in [0.717, 1.165) is 25.8 Å². The Morgan fingerprint density at radius 1 is 1.31 bits per heavy atom. The van der Waals surface area contributed by atoms with E-state index in [-0.39, 0.29) is 0 Å². The normalized spacial score (nSPS) is 23.6. The number of hydrogen-bond acceptors (Lipinski definition) is 2. The van der Waals surface area contributed by atoms with Gasteiger partial charge >= 0.3 is 0 Å². The van der Waals surface area contributed by atoms with Crippen molar-refractivity contribution in [1.82, 2.24) is 5.06 Å². The van der Waals surface area contributed by atoms with E-state index in [1.54, 1.807) is 0 Å². The second-order valence-corrected chi connectivity index (χ2v) is 3.65. The van der Waals surface area contributed by atoms with E-state index in [1.165, 1.54) is 10.6 Å². The highest BCUT2D eigenvalue weighted by atomic mass is 16.5. The molecule has 70 valence electrons. The average molecular weight is 177 g/mol. The lowest BCUT2D eigenvalue weighted by Gasteiger charge is -2.17. The molecule has 0 spiro atoms. The highest BCUT2D eigenvalue weighted by Crippen LogP contribution is 2.18. The Balaban J connectivity index is 1.98. The summed E-state index contributed by atoms with van der Waals surface area (Å²) in [4.78, 5) is 0. The van der Waals surface area contributed by atoms with E-state index in [9.17, 15) is 5.21 Å². The molecule has 0 saturated carbocycles. The molecule has 1 aliphatic heterocycles. The second-order valence-electron chi connectivity index (χ2n) is 3.65. The molecule has 1 atom stereocenters. The molecule has 0 aromatic heterocycles. The fourth-order valence-electron chi connectivity index (χ4n) is 1.91. The number of rotatable bonds is 2. The molecular weight excluding hydrogens is 162 g/mol. The molecule has 0 amide bonds. The molecule has 0 aliphatic carbocycles. The van der Waals surface area contributed by atoms with Crippen molar-refractivity contribution in [1.29, 1.82) is 0 Å². The molecule has 1 aromatic carbocycles. The van der Waals surface area contributed by atoms with Crippen LogP contribution in [0.15, 0.2) is 30.3 Å². The van der Waals surface area contributed by atoms with Gasteiger partial charge in [-0.25, -0.2) is 0 Å². The van der Waals surface area contributed by atoms with Crippen LogP contribution < -0.4 is 0 Å². The fourth-order valence-corrected chi connectivity index (χ4v) is 1.91. The first-order valence-corrected chi connectivity index (χ1v) is 4.86. The molecule has 1 N–H and O–H groups in total. The van der Waals surface area contributed by atoms with Gasteiger partial charge in [0.1, 0.15) is 0 Å². The predicted molar refractivity (Wildman–Crippen MR) is 51.7 cm³/mol. The minimum atomic E-state index is 0.336. The molecule has 0 bridgehead atoms. The van der Waals surface area contributed by atoms with Gasteiger partial charge in [-0.05, 0) is 24.8 Å². The summed E-state index contributed by atoms with van der Waals surface area (Å²) < 4.78 is 0. The molecule has 2 nitrogen and oxygen atoms in total. The minimum absolute atomic E-state index is 0.336. The van der Waals surface area contributed by atoms with Crippen LogP contribution in [0, 0.1) is 0 Å². The quantitative estimate of drug-likeness (QED) is 0.747. The summed E-state index contributed by atoms with van der Waals surface area (Å²) in [5, 5.41) is 11.0. The molecule has 2 heteroatoms.